The van der Waals surface area contributed by atoms with Crippen molar-refractivity contribution in [3.63, 3.8) is 0 Å². The quantitative estimate of drug-likeness (QED) is 0.750. The van der Waals surface area contributed by atoms with E-state index in [0.29, 0.717) is 0 Å². The molecule has 0 aromatic carbocycles. The average molecular weight is 204 g/mol. The minimum absolute atomic E-state index is 0.235. The van der Waals surface area contributed by atoms with Gasteiger partial charge >= 0.3 is 5.97 Å². The summed E-state index contributed by atoms with van der Waals surface area (Å²) < 4.78 is 0. The van der Waals surface area contributed by atoms with Crippen molar-refractivity contribution in [3.05, 3.63) is 41.7 Å². The molecule has 4 nitrogen and oxygen atoms in total. The van der Waals surface area contributed by atoms with Crippen LogP contribution in [0.15, 0.2) is 30.5 Å². The predicted molar refractivity (Wildman–Crippen MR) is 55.6 cm³/mol. The predicted octanol–water partition coefficient (Wildman–Crippen LogP) is 1.15. The lowest BCUT2D eigenvalue weighted by molar-refractivity contribution is 0.0696. The molecule has 1 N–H and O–H groups in total. The fourth-order valence-electron chi connectivity index (χ4n) is 1.52. The van der Waals surface area contributed by atoms with Crippen LogP contribution >= 0.6 is 0 Å². The van der Waals surface area contributed by atoms with Crippen LogP contribution in [0.1, 0.15) is 16.1 Å². The maximum atomic E-state index is 10.6. The zero-order chi connectivity index (χ0) is 10.7. The molecule has 0 spiro atoms. The topological polar surface area (TPSA) is 53.4 Å². The molecule has 0 atom stereocenters. The smallest absolute Gasteiger partial charge is 0.337 e. The molecule has 1 aliphatic heterocycles. The van der Waals surface area contributed by atoms with Crippen LogP contribution in [-0.4, -0.2) is 34.0 Å². The first-order chi connectivity index (χ1) is 7.25. The summed E-state index contributed by atoms with van der Waals surface area (Å²) in [7, 11) is 0. The van der Waals surface area contributed by atoms with E-state index in [2.05, 4.69) is 22.0 Å². The van der Waals surface area contributed by atoms with Crippen molar-refractivity contribution in [2.24, 2.45) is 0 Å². The first-order valence-electron chi connectivity index (χ1n) is 4.81. The van der Waals surface area contributed by atoms with Crippen LogP contribution in [0.2, 0.25) is 0 Å². The number of hydrogen-bond acceptors (Lipinski definition) is 3. The largest absolute Gasteiger partial charge is 0.478 e. The van der Waals surface area contributed by atoms with Gasteiger partial charge in [0.2, 0.25) is 0 Å². The highest BCUT2D eigenvalue weighted by Crippen LogP contribution is 2.07. The molecule has 0 radical (unpaired) electrons. The molecule has 1 aliphatic rings. The van der Waals surface area contributed by atoms with E-state index in [-0.39, 0.29) is 5.56 Å². The molecule has 2 rings (SSSR count). The van der Waals surface area contributed by atoms with Crippen molar-refractivity contribution in [2.75, 3.05) is 13.1 Å². The fourth-order valence-corrected chi connectivity index (χ4v) is 1.52. The minimum Gasteiger partial charge on any atom is -0.478 e. The van der Waals surface area contributed by atoms with Gasteiger partial charge in [-0.3, -0.25) is 9.88 Å². The maximum Gasteiger partial charge on any atom is 0.337 e. The number of nitrogens with zero attached hydrogens (tertiary/aromatic N) is 2. The lowest BCUT2D eigenvalue weighted by Crippen LogP contribution is -2.19. The van der Waals surface area contributed by atoms with E-state index >= 15 is 0 Å². The number of carboxylic acid groups (broad SMARTS) is 1. The normalized spacial score (nSPS) is 15.7. The number of pyridine rings is 1. The Kier molecular flexibility index (Phi) is 2.78. The summed E-state index contributed by atoms with van der Waals surface area (Å²) >= 11 is 0. The van der Waals surface area contributed by atoms with Crippen LogP contribution in [0.25, 0.3) is 0 Å². The van der Waals surface area contributed by atoms with Crippen molar-refractivity contribution >= 4 is 5.97 Å². The number of carboxylic acids is 1. The van der Waals surface area contributed by atoms with E-state index < -0.39 is 5.97 Å². The summed E-state index contributed by atoms with van der Waals surface area (Å²) in [4.78, 5) is 16.9. The van der Waals surface area contributed by atoms with E-state index in [0.717, 1.165) is 25.3 Å². The van der Waals surface area contributed by atoms with Crippen molar-refractivity contribution < 1.29 is 9.90 Å². The molecule has 15 heavy (non-hydrogen) atoms. The monoisotopic (exact) mass is 204 g/mol. The van der Waals surface area contributed by atoms with E-state index in [1.165, 1.54) is 6.20 Å². The van der Waals surface area contributed by atoms with Crippen LogP contribution in [0, 0.1) is 0 Å². The first kappa shape index (κ1) is 9.86. The van der Waals surface area contributed by atoms with Crippen molar-refractivity contribution in [1.82, 2.24) is 9.88 Å². The molecule has 1 aromatic heterocycles. The molecule has 0 saturated heterocycles. The summed E-state index contributed by atoms with van der Waals surface area (Å²) in [6.07, 6.45) is 5.64. The lowest BCUT2D eigenvalue weighted by Gasteiger charge is -2.13. The summed E-state index contributed by atoms with van der Waals surface area (Å²) in [5.74, 6) is -0.933. The number of hydrogen-bond donors (Lipinski definition) is 1. The average Bonchev–Trinajstić information content (AvgIpc) is 2.71. The van der Waals surface area contributed by atoms with Gasteiger partial charge in [0.15, 0.2) is 0 Å². The Labute approximate surface area is 87.9 Å². The van der Waals surface area contributed by atoms with Gasteiger partial charge in [0.1, 0.15) is 0 Å². The Bertz CT molecular complexity index is 376. The Morgan fingerprint density at radius 2 is 2.13 bits per heavy atom. The second kappa shape index (κ2) is 4.23. The summed E-state index contributed by atoms with van der Waals surface area (Å²) in [5, 5.41) is 8.70. The molecule has 0 saturated carbocycles. The second-order valence-corrected chi connectivity index (χ2v) is 3.51. The minimum atomic E-state index is -0.933. The summed E-state index contributed by atoms with van der Waals surface area (Å²) in [5.41, 5.74) is 1.14. The standard InChI is InChI=1S/C11H12N2O2/c14-11(15)9-3-4-10(12-7-9)8-13-5-1-2-6-13/h1-4,7H,5-6,8H2,(H,14,15). The van der Waals surface area contributed by atoms with Crippen molar-refractivity contribution in [2.45, 2.75) is 6.54 Å². The van der Waals surface area contributed by atoms with Gasteiger partial charge in [-0.1, -0.05) is 12.2 Å². The first-order valence-corrected chi connectivity index (χ1v) is 4.81. The van der Waals surface area contributed by atoms with Gasteiger partial charge in [0, 0.05) is 25.8 Å². The van der Waals surface area contributed by atoms with Crippen LogP contribution < -0.4 is 0 Å². The molecule has 1 aromatic rings. The number of rotatable bonds is 3. The molecule has 2 heterocycles. The Balaban J connectivity index is 2.00. The number of aromatic nitrogens is 1. The Morgan fingerprint density at radius 1 is 1.40 bits per heavy atom. The van der Waals surface area contributed by atoms with Gasteiger partial charge in [0.05, 0.1) is 11.3 Å². The highest BCUT2D eigenvalue weighted by molar-refractivity contribution is 5.87. The third-order valence-corrected chi connectivity index (χ3v) is 2.35. The summed E-state index contributed by atoms with van der Waals surface area (Å²) in [6.45, 7) is 2.66. The SMILES string of the molecule is O=C(O)c1ccc(CN2CC=CC2)nc1. The van der Waals surface area contributed by atoms with Crippen molar-refractivity contribution in [1.29, 1.82) is 0 Å². The molecular weight excluding hydrogens is 192 g/mol. The van der Waals surface area contributed by atoms with Crippen LogP contribution in [0.5, 0.6) is 0 Å². The molecule has 78 valence electrons. The molecule has 0 bridgehead atoms. The lowest BCUT2D eigenvalue weighted by atomic mass is 10.2. The molecular formula is C11H12N2O2. The van der Waals surface area contributed by atoms with E-state index in [1.54, 1.807) is 12.1 Å². The third kappa shape index (κ3) is 2.41. The van der Waals surface area contributed by atoms with E-state index in [4.69, 9.17) is 5.11 Å². The zero-order valence-electron chi connectivity index (χ0n) is 8.26. The van der Waals surface area contributed by atoms with Gasteiger partial charge in [-0.15, -0.1) is 0 Å². The fraction of sp³-hybridized carbons (Fsp3) is 0.273. The van der Waals surface area contributed by atoms with Crippen LogP contribution in [0.3, 0.4) is 0 Å². The zero-order valence-corrected chi connectivity index (χ0v) is 8.26. The van der Waals surface area contributed by atoms with Gasteiger partial charge in [0.25, 0.3) is 0 Å². The Morgan fingerprint density at radius 3 is 2.67 bits per heavy atom. The van der Waals surface area contributed by atoms with Gasteiger partial charge in [-0.25, -0.2) is 4.79 Å². The molecule has 4 heteroatoms. The van der Waals surface area contributed by atoms with Gasteiger partial charge in [-0.05, 0) is 12.1 Å². The van der Waals surface area contributed by atoms with Crippen molar-refractivity contribution in [3.8, 4) is 0 Å². The highest BCUT2D eigenvalue weighted by atomic mass is 16.4. The van der Waals surface area contributed by atoms with Crippen LogP contribution in [-0.2, 0) is 6.54 Å². The van der Waals surface area contributed by atoms with E-state index in [9.17, 15) is 4.79 Å². The molecule has 0 amide bonds. The molecule has 0 unspecified atom stereocenters. The van der Waals surface area contributed by atoms with Gasteiger partial charge in [-0.2, -0.15) is 0 Å². The molecule has 0 aliphatic carbocycles. The van der Waals surface area contributed by atoms with Crippen LogP contribution in [0.4, 0.5) is 0 Å². The number of aromatic carboxylic acids is 1. The highest BCUT2D eigenvalue weighted by Gasteiger charge is 2.08. The van der Waals surface area contributed by atoms with Gasteiger partial charge < -0.3 is 5.11 Å². The third-order valence-electron chi connectivity index (χ3n) is 2.35. The molecule has 0 fully saturated rings. The Hall–Kier alpha value is -1.68. The summed E-state index contributed by atoms with van der Waals surface area (Å²) in [6, 6.07) is 3.36. The number of carbonyl (C=O) groups is 1. The maximum absolute atomic E-state index is 10.6. The second-order valence-electron chi connectivity index (χ2n) is 3.51. The van der Waals surface area contributed by atoms with E-state index in [1.807, 2.05) is 0 Å².